The topological polar surface area (TPSA) is 3.24 Å². The van der Waals surface area contributed by atoms with Crippen molar-refractivity contribution in [2.24, 2.45) is 5.92 Å². The number of fused-ring (bicyclic) bond motifs is 1. The average molecular weight is 203 g/mol. The summed E-state index contributed by atoms with van der Waals surface area (Å²) in [6.45, 7) is 7.02. The first-order valence-corrected chi connectivity index (χ1v) is 6.10. The van der Waals surface area contributed by atoms with E-state index in [9.17, 15) is 0 Å². The lowest BCUT2D eigenvalue weighted by molar-refractivity contribution is 0.600. The van der Waals surface area contributed by atoms with Crippen molar-refractivity contribution in [3.63, 3.8) is 0 Å². The van der Waals surface area contributed by atoms with Crippen molar-refractivity contribution >= 4 is 5.69 Å². The van der Waals surface area contributed by atoms with E-state index < -0.39 is 0 Å². The van der Waals surface area contributed by atoms with Gasteiger partial charge in [-0.15, -0.1) is 0 Å². The molecule has 1 aliphatic rings. The predicted octanol–water partition coefficient (Wildman–Crippen LogP) is 3.49. The molecule has 1 nitrogen and oxygen atoms in total. The van der Waals surface area contributed by atoms with Gasteiger partial charge in [0.25, 0.3) is 0 Å². The van der Waals surface area contributed by atoms with Gasteiger partial charge in [-0.2, -0.15) is 0 Å². The fourth-order valence-electron chi connectivity index (χ4n) is 2.40. The number of para-hydroxylation sites is 1. The minimum absolute atomic E-state index is 0.746. The predicted molar refractivity (Wildman–Crippen MR) is 66.4 cm³/mol. The highest BCUT2D eigenvalue weighted by molar-refractivity contribution is 5.54. The zero-order valence-corrected chi connectivity index (χ0v) is 9.87. The zero-order valence-electron chi connectivity index (χ0n) is 9.87. The number of nitrogens with zero attached hydrogens (tertiary/aromatic N) is 1. The molecule has 1 aliphatic heterocycles. The molecule has 82 valence electrons. The first-order chi connectivity index (χ1) is 7.27. The van der Waals surface area contributed by atoms with Crippen molar-refractivity contribution < 1.29 is 0 Å². The Hall–Kier alpha value is -0.980. The van der Waals surface area contributed by atoms with Crippen LogP contribution in [0.5, 0.6) is 0 Å². The quantitative estimate of drug-likeness (QED) is 0.711. The third-order valence-corrected chi connectivity index (χ3v) is 3.04. The zero-order chi connectivity index (χ0) is 10.7. The smallest absolute Gasteiger partial charge is 0.0398 e. The molecule has 0 aromatic heterocycles. The molecule has 1 heterocycles. The molecular weight excluding hydrogens is 182 g/mol. The van der Waals surface area contributed by atoms with Gasteiger partial charge in [-0.25, -0.2) is 0 Å². The maximum Gasteiger partial charge on any atom is 0.0398 e. The van der Waals surface area contributed by atoms with Crippen LogP contribution in [0.1, 0.15) is 32.3 Å². The number of hydrogen-bond acceptors (Lipinski definition) is 1. The Bertz CT molecular complexity index is 317. The SMILES string of the molecule is CC(C)CN1CCCCc2ccccc21. The van der Waals surface area contributed by atoms with Crippen LogP contribution in [0.3, 0.4) is 0 Å². The van der Waals surface area contributed by atoms with Crippen LogP contribution < -0.4 is 4.90 Å². The average Bonchev–Trinajstić information content (AvgIpc) is 2.41. The summed E-state index contributed by atoms with van der Waals surface area (Å²) in [6, 6.07) is 8.90. The molecular formula is C14H21N. The van der Waals surface area contributed by atoms with Crippen LogP contribution >= 0.6 is 0 Å². The Kier molecular flexibility index (Phi) is 3.30. The number of aryl methyl sites for hydroxylation is 1. The van der Waals surface area contributed by atoms with Crippen molar-refractivity contribution in [2.75, 3.05) is 18.0 Å². The van der Waals surface area contributed by atoms with Gasteiger partial charge in [0.1, 0.15) is 0 Å². The fourth-order valence-corrected chi connectivity index (χ4v) is 2.40. The Morgan fingerprint density at radius 3 is 2.80 bits per heavy atom. The molecule has 0 unspecified atom stereocenters. The number of hydrogen-bond donors (Lipinski definition) is 0. The van der Waals surface area contributed by atoms with Gasteiger partial charge in [0.2, 0.25) is 0 Å². The van der Waals surface area contributed by atoms with E-state index in [2.05, 4.69) is 43.0 Å². The summed E-state index contributed by atoms with van der Waals surface area (Å²) in [7, 11) is 0. The monoisotopic (exact) mass is 203 g/mol. The number of rotatable bonds is 2. The van der Waals surface area contributed by atoms with Crippen molar-refractivity contribution in [3.8, 4) is 0 Å². The van der Waals surface area contributed by atoms with Crippen molar-refractivity contribution in [1.82, 2.24) is 0 Å². The van der Waals surface area contributed by atoms with Gasteiger partial charge >= 0.3 is 0 Å². The molecule has 1 heteroatoms. The second-order valence-electron chi connectivity index (χ2n) is 4.93. The van der Waals surface area contributed by atoms with E-state index >= 15 is 0 Å². The molecule has 2 rings (SSSR count). The number of benzene rings is 1. The van der Waals surface area contributed by atoms with Crippen LogP contribution in [0.4, 0.5) is 5.69 Å². The molecule has 0 bridgehead atoms. The van der Waals surface area contributed by atoms with E-state index in [1.54, 1.807) is 0 Å². The van der Waals surface area contributed by atoms with Gasteiger partial charge in [-0.1, -0.05) is 32.0 Å². The van der Waals surface area contributed by atoms with Crippen molar-refractivity contribution in [3.05, 3.63) is 29.8 Å². The lowest BCUT2D eigenvalue weighted by atomic mass is 10.1. The van der Waals surface area contributed by atoms with E-state index in [4.69, 9.17) is 0 Å². The highest BCUT2D eigenvalue weighted by Gasteiger charge is 2.14. The minimum Gasteiger partial charge on any atom is -0.371 e. The lowest BCUT2D eigenvalue weighted by Crippen LogP contribution is -2.28. The Labute approximate surface area is 93.1 Å². The second-order valence-corrected chi connectivity index (χ2v) is 4.93. The third kappa shape index (κ3) is 2.53. The second kappa shape index (κ2) is 4.69. The molecule has 0 spiro atoms. The van der Waals surface area contributed by atoms with Crippen LogP contribution in [-0.4, -0.2) is 13.1 Å². The first kappa shape index (κ1) is 10.5. The van der Waals surface area contributed by atoms with E-state index in [1.807, 2.05) is 0 Å². The maximum absolute atomic E-state index is 2.56. The molecule has 0 saturated carbocycles. The van der Waals surface area contributed by atoms with Crippen LogP contribution in [0.15, 0.2) is 24.3 Å². The van der Waals surface area contributed by atoms with Crippen LogP contribution in [0.2, 0.25) is 0 Å². The molecule has 15 heavy (non-hydrogen) atoms. The molecule has 0 fully saturated rings. The lowest BCUT2D eigenvalue weighted by Gasteiger charge is -2.26. The van der Waals surface area contributed by atoms with Crippen LogP contribution in [0.25, 0.3) is 0 Å². The van der Waals surface area contributed by atoms with E-state index in [0.29, 0.717) is 0 Å². The fraction of sp³-hybridized carbons (Fsp3) is 0.571. The van der Waals surface area contributed by atoms with Gasteiger partial charge in [-0.3, -0.25) is 0 Å². The summed E-state index contributed by atoms with van der Waals surface area (Å²) < 4.78 is 0. The molecule has 0 aliphatic carbocycles. The van der Waals surface area contributed by atoms with Gasteiger partial charge in [-0.05, 0) is 36.8 Å². The van der Waals surface area contributed by atoms with Crippen LogP contribution in [0, 0.1) is 5.92 Å². The Morgan fingerprint density at radius 1 is 1.20 bits per heavy atom. The van der Waals surface area contributed by atoms with E-state index in [0.717, 1.165) is 5.92 Å². The third-order valence-electron chi connectivity index (χ3n) is 3.04. The molecule has 0 radical (unpaired) electrons. The molecule has 0 atom stereocenters. The van der Waals surface area contributed by atoms with E-state index in [1.165, 1.54) is 43.6 Å². The molecule has 0 saturated heterocycles. The highest BCUT2D eigenvalue weighted by atomic mass is 15.1. The van der Waals surface area contributed by atoms with Gasteiger partial charge in [0, 0.05) is 18.8 Å². The largest absolute Gasteiger partial charge is 0.371 e. The summed E-state index contributed by atoms with van der Waals surface area (Å²) in [4.78, 5) is 2.56. The first-order valence-electron chi connectivity index (χ1n) is 6.10. The summed E-state index contributed by atoms with van der Waals surface area (Å²) in [5, 5.41) is 0. The normalized spacial score (nSPS) is 16.3. The summed E-state index contributed by atoms with van der Waals surface area (Å²) in [5.74, 6) is 0.746. The van der Waals surface area contributed by atoms with Crippen molar-refractivity contribution in [1.29, 1.82) is 0 Å². The maximum atomic E-state index is 2.56. The Balaban J connectivity index is 2.24. The minimum atomic E-state index is 0.746. The molecule has 1 aromatic carbocycles. The summed E-state index contributed by atoms with van der Waals surface area (Å²) in [5.41, 5.74) is 3.01. The van der Waals surface area contributed by atoms with Gasteiger partial charge in [0.05, 0.1) is 0 Å². The van der Waals surface area contributed by atoms with Crippen molar-refractivity contribution in [2.45, 2.75) is 33.1 Å². The van der Waals surface area contributed by atoms with Gasteiger partial charge in [0.15, 0.2) is 0 Å². The summed E-state index contributed by atoms with van der Waals surface area (Å²) in [6.07, 6.45) is 3.93. The number of anilines is 1. The molecule has 1 aromatic rings. The summed E-state index contributed by atoms with van der Waals surface area (Å²) >= 11 is 0. The Morgan fingerprint density at radius 2 is 2.00 bits per heavy atom. The van der Waals surface area contributed by atoms with E-state index in [-0.39, 0.29) is 0 Å². The highest BCUT2D eigenvalue weighted by Crippen LogP contribution is 2.26. The molecule has 0 amide bonds. The standard InChI is InChI=1S/C14H21N/c1-12(2)11-15-10-6-5-8-13-7-3-4-9-14(13)15/h3-4,7,9,12H,5-6,8,10-11H2,1-2H3. The van der Waals surface area contributed by atoms with Crippen LogP contribution in [-0.2, 0) is 6.42 Å². The molecule has 0 N–H and O–H groups in total. The van der Waals surface area contributed by atoms with Gasteiger partial charge < -0.3 is 4.90 Å².